The minimum Gasteiger partial charge on any atom is -0.463 e. The zero-order valence-electron chi connectivity index (χ0n) is 18.7. The third kappa shape index (κ3) is 9.19. The van der Waals surface area contributed by atoms with E-state index in [4.69, 9.17) is 4.74 Å². The molecule has 0 amide bonds. The molecule has 2 rings (SSSR count). The van der Waals surface area contributed by atoms with E-state index < -0.39 is 12.2 Å². The van der Waals surface area contributed by atoms with Crippen LogP contribution in [0.2, 0.25) is 0 Å². The lowest BCUT2D eigenvalue weighted by atomic mass is 9.94. The number of ether oxygens (including phenoxy) is 1. The first-order valence-electron chi connectivity index (χ1n) is 11.3. The van der Waals surface area contributed by atoms with Gasteiger partial charge in [-0.3, -0.25) is 9.59 Å². The highest BCUT2D eigenvalue weighted by atomic mass is 16.5. The maximum atomic E-state index is 12.3. The van der Waals surface area contributed by atoms with Gasteiger partial charge in [-0.25, -0.2) is 0 Å². The van der Waals surface area contributed by atoms with Gasteiger partial charge in [0.2, 0.25) is 0 Å². The van der Waals surface area contributed by atoms with E-state index in [2.05, 4.69) is 0 Å². The number of benzene rings is 1. The van der Waals surface area contributed by atoms with Crippen molar-refractivity contribution in [3.05, 3.63) is 59.7 Å². The van der Waals surface area contributed by atoms with Gasteiger partial charge in [0.05, 0.1) is 18.3 Å². The number of ketones is 1. The zero-order valence-corrected chi connectivity index (χ0v) is 18.7. The van der Waals surface area contributed by atoms with Crippen LogP contribution in [-0.4, -0.2) is 40.3 Å². The van der Waals surface area contributed by atoms with Crippen LogP contribution in [0, 0.1) is 5.92 Å². The molecule has 0 bridgehead atoms. The Morgan fingerprint density at radius 2 is 1.87 bits per heavy atom. The molecule has 2 N–H and O–H groups in total. The smallest absolute Gasteiger partial charge is 0.306 e. The Kier molecular flexibility index (Phi) is 10.7. The highest BCUT2D eigenvalue weighted by Crippen LogP contribution is 2.35. The molecule has 1 saturated carbocycles. The molecule has 170 valence electrons. The van der Waals surface area contributed by atoms with Crippen molar-refractivity contribution in [2.45, 2.75) is 83.5 Å². The number of unbranched alkanes of at least 4 members (excludes halogenated alkanes) is 1. The molecule has 0 spiro atoms. The maximum absolute atomic E-state index is 12.3. The summed E-state index contributed by atoms with van der Waals surface area (Å²) in [6, 6.07) is 9.91. The molecule has 0 radical (unpaired) electrons. The SMILES string of the molecule is CC(C)OC(=O)CCCC=CC[C@@H]1C(=CCC(=O)CCc2ccccc2)[C@H](O)C[C@@H]1O. The van der Waals surface area contributed by atoms with Crippen molar-refractivity contribution < 1.29 is 24.5 Å². The normalized spacial score (nSPS) is 22.5. The van der Waals surface area contributed by atoms with Crippen molar-refractivity contribution in [3.63, 3.8) is 0 Å². The van der Waals surface area contributed by atoms with E-state index in [-0.39, 0.29) is 30.2 Å². The zero-order chi connectivity index (χ0) is 22.6. The minimum absolute atomic E-state index is 0.0891. The summed E-state index contributed by atoms with van der Waals surface area (Å²) in [5.74, 6) is -0.216. The molecule has 0 aliphatic heterocycles. The Balaban J connectivity index is 1.78. The molecule has 5 nitrogen and oxygen atoms in total. The molecule has 1 aliphatic rings. The first kappa shape index (κ1) is 25.0. The first-order valence-corrected chi connectivity index (χ1v) is 11.3. The van der Waals surface area contributed by atoms with Crippen LogP contribution in [0.25, 0.3) is 0 Å². The highest BCUT2D eigenvalue weighted by molar-refractivity contribution is 5.80. The van der Waals surface area contributed by atoms with Crippen molar-refractivity contribution in [1.29, 1.82) is 0 Å². The number of hydrogen-bond acceptors (Lipinski definition) is 5. The van der Waals surface area contributed by atoms with Gasteiger partial charge in [0.1, 0.15) is 5.78 Å². The largest absolute Gasteiger partial charge is 0.463 e. The number of esters is 1. The molecule has 1 fully saturated rings. The molecule has 31 heavy (non-hydrogen) atoms. The molecule has 0 aromatic heterocycles. The number of aliphatic hydroxyl groups is 2. The highest BCUT2D eigenvalue weighted by Gasteiger charge is 2.35. The van der Waals surface area contributed by atoms with Gasteiger partial charge in [-0.05, 0) is 50.7 Å². The molecule has 1 aromatic rings. The fourth-order valence-electron chi connectivity index (χ4n) is 3.89. The monoisotopic (exact) mass is 428 g/mol. The van der Waals surface area contributed by atoms with Gasteiger partial charge in [-0.2, -0.15) is 0 Å². The van der Waals surface area contributed by atoms with Gasteiger partial charge in [-0.1, -0.05) is 48.6 Å². The third-order valence-corrected chi connectivity index (χ3v) is 5.52. The molecule has 1 aliphatic carbocycles. The van der Waals surface area contributed by atoms with E-state index in [1.165, 1.54) is 0 Å². The van der Waals surface area contributed by atoms with Crippen molar-refractivity contribution in [1.82, 2.24) is 0 Å². The number of aliphatic hydroxyl groups excluding tert-OH is 2. The van der Waals surface area contributed by atoms with Crippen LogP contribution in [-0.2, 0) is 20.7 Å². The molecule has 0 heterocycles. The Morgan fingerprint density at radius 3 is 2.58 bits per heavy atom. The lowest BCUT2D eigenvalue weighted by Crippen LogP contribution is -2.14. The van der Waals surface area contributed by atoms with Crippen LogP contribution in [0.1, 0.15) is 64.4 Å². The van der Waals surface area contributed by atoms with E-state index in [0.717, 1.165) is 24.0 Å². The number of rotatable bonds is 12. The average molecular weight is 429 g/mol. The van der Waals surface area contributed by atoms with Crippen LogP contribution in [0.3, 0.4) is 0 Å². The van der Waals surface area contributed by atoms with Gasteiger partial charge in [-0.15, -0.1) is 0 Å². The summed E-state index contributed by atoms with van der Waals surface area (Å²) >= 11 is 0. The summed E-state index contributed by atoms with van der Waals surface area (Å²) in [4.78, 5) is 23.8. The summed E-state index contributed by atoms with van der Waals surface area (Å²) in [6.45, 7) is 3.67. The summed E-state index contributed by atoms with van der Waals surface area (Å²) < 4.78 is 5.11. The minimum atomic E-state index is -0.693. The fourth-order valence-corrected chi connectivity index (χ4v) is 3.89. The number of aryl methyl sites for hydroxylation is 1. The Morgan fingerprint density at radius 1 is 1.13 bits per heavy atom. The van der Waals surface area contributed by atoms with Gasteiger partial charge >= 0.3 is 5.97 Å². The lowest BCUT2D eigenvalue weighted by Gasteiger charge is -2.14. The number of carbonyl (C=O) groups is 2. The summed E-state index contributed by atoms with van der Waals surface area (Å²) in [5.41, 5.74) is 1.91. The van der Waals surface area contributed by atoms with E-state index >= 15 is 0 Å². The third-order valence-electron chi connectivity index (χ3n) is 5.52. The molecule has 0 unspecified atom stereocenters. The van der Waals surface area contributed by atoms with Crippen molar-refractivity contribution in [3.8, 4) is 0 Å². The molecular formula is C26H36O5. The van der Waals surface area contributed by atoms with E-state index in [9.17, 15) is 19.8 Å². The van der Waals surface area contributed by atoms with Crippen molar-refractivity contribution in [2.24, 2.45) is 5.92 Å². The molecule has 1 aromatic carbocycles. The average Bonchev–Trinajstić information content (AvgIpc) is 3.00. The molecular weight excluding hydrogens is 392 g/mol. The summed E-state index contributed by atoms with van der Waals surface area (Å²) in [6.07, 6.45) is 8.67. The Hall–Kier alpha value is -2.24. The topological polar surface area (TPSA) is 83.8 Å². The van der Waals surface area contributed by atoms with Gasteiger partial charge in [0, 0.05) is 31.6 Å². The van der Waals surface area contributed by atoms with E-state index in [0.29, 0.717) is 32.1 Å². The summed E-state index contributed by atoms with van der Waals surface area (Å²) in [7, 11) is 0. The second-order valence-electron chi connectivity index (χ2n) is 8.50. The quantitative estimate of drug-likeness (QED) is 0.294. The summed E-state index contributed by atoms with van der Waals surface area (Å²) in [5, 5.41) is 20.6. The van der Waals surface area contributed by atoms with Gasteiger partial charge in [0.25, 0.3) is 0 Å². The van der Waals surface area contributed by atoms with Crippen LogP contribution < -0.4 is 0 Å². The molecule has 0 saturated heterocycles. The first-order chi connectivity index (χ1) is 14.9. The number of hydrogen-bond donors (Lipinski definition) is 2. The maximum Gasteiger partial charge on any atom is 0.306 e. The predicted molar refractivity (Wildman–Crippen MR) is 121 cm³/mol. The van der Waals surface area contributed by atoms with E-state index in [1.54, 1.807) is 0 Å². The van der Waals surface area contributed by atoms with Crippen molar-refractivity contribution in [2.75, 3.05) is 0 Å². The van der Waals surface area contributed by atoms with Gasteiger partial charge < -0.3 is 14.9 Å². The van der Waals surface area contributed by atoms with Crippen molar-refractivity contribution >= 4 is 11.8 Å². The lowest BCUT2D eigenvalue weighted by molar-refractivity contribution is -0.147. The van der Waals surface area contributed by atoms with Crippen LogP contribution in [0.15, 0.2) is 54.1 Å². The second-order valence-corrected chi connectivity index (χ2v) is 8.50. The van der Waals surface area contributed by atoms with Crippen LogP contribution in [0.4, 0.5) is 0 Å². The number of carbonyl (C=O) groups excluding carboxylic acids is 2. The standard InChI is InChI=1S/C26H36O5/c1-19(2)31-26(30)13-9-4-3-8-12-22-23(25(29)18-24(22)28)17-16-21(27)15-14-20-10-6-5-7-11-20/h3,5-8,10-11,17,19,22,24-25,28-29H,4,9,12-16,18H2,1-2H3/t22-,24+,25-/m1/s1. The van der Waals surface area contributed by atoms with Crippen LogP contribution >= 0.6 is 0 Å². The predicted octanol–water partition coefficient (Wildman–Crippen LogP) is 4.31. The molecule has 5 heteroatoms. The fraction of sp³-hybridized carbons (Fsp3) is 0.538. The Bertz CT molecular complexity index is 750. The Labute approximate surface area is 185 Å². The number of allylic oxidation sites excluding steroid dienone is 3. The second kappa shape index (κ2) is 13.2. The van der Waals surface area contributed by atoms with Gasteiger partial charge in [0.15, 0.2) is 0 Å². The molecule has 3 atom stereocenters. The van der Waals surface area contributed by atoms with Crippen LogP contribution in [0.5, 0.6) is 0 Å². The van der Waals surface area contributed by atoms with E-state index in [1.807, 2.05) is 62.4 Å². The number of Topliss-reactive ketones (excluding diaryl/α,β-unsaturated/α-hetero) is 1.